The quantitative estimate of drug-likeness (QED) is 0.679. The van der Waals surface area contributed by atoms with Crippen LogP contribution in [0.25, 0.3) is 0 Å². The molecule has 1 amide bonds. The van der Waals surface area contributed by atoms with Crippen molar-refractivity contribution >= 4 is 30.7 Å². The Morgan fingerprint density at radius 3 is 2.37 bits per heavy atom. The molecule has 1 aliphatic heterocycles. The summed E-state index contributed by atoms with van der Waals surface area (Å²) in [7, 11) is 3.80. The molecule has 1 aliphatic rings. The van der Waals surface area contributed by atoms with Crippen LogP contribution in [-0.2, 0) is 22.6 Å². The van der Waals surface area contributed by atoms with Gasteiger partial charge in [0.1, 0.15) is 0 Å². The summed E-state index contributed by atoms with van der Waals surface area (Å²) in [5.41, 5.74) is 2.05. The molecule has 0 radical (unpaired) electrons. The molecule has 1 aromatic rings. The molecule has 2 rings (SSSR count). The molecule has 0 aliphatic carbocycles. The van der Waals surface area contributed by atoms with Crippen molar-refractivity contribution in [3.05, 3.63) is 35.4 Å². The molecule has 7 heteroatoms. The minimum Gasteiger partial charge on any atom is -0.384 e. The lowest BCUT2D eigenvalue weighted by molar-refractivity contribution is -0.136. The molecule has 27 heavy (non-hydrogen) atoms. The summed E-state index contributed by atoms with van der Waals surface area (Å²) in [6.07, 6.45) is 1.65. The number of amides is 1. The van der Waals surface area contributed by atoms with Gasteiger partial charge in [-0.15, -0.1) is 24.8 Å². The fourth-order valence-electron chi connectivity index (χ4n) is 3.32. The van der Waals surface area contributed by atoms with Crippen LogP contribution in [-0.4, -0.2) is 50.7 Å². The van der Waals surface area contributed by atoms with Crippen molar-refractivity contribution in [1.29, 1.82) is 0 Å². The number of hydrogen-bond donors (Lipinski definition) is 2. The van der Waals surface area contributed by atoms with Crippen LogP contribution in [0.4, 0.5) is 0 Å². The number of nitrogens with zero attached hydrogens (tertiary/aromatic N) is 1. The summed E-state index contributed by atoms with van der Waals surface area (Å²) in [4.78, 5) is 15.2. The van der Waals surface area contributed by atoms with Crippen LogP contribution in [0, 0.1) is 5.41 Å². The summed E-state index contributed by atoms with van der Waals surface area (Å²) >= 11 is 0. The lowest BCUT2D eigenvalue weighted by Gasteiger charge is -2.35. The lowest BCUT2D eigenvalue weighted by Crippen LogP contribution is -2.50. The number of carbonyl (C=O) groups is 1. The van der Waals surface area contributed by atoms with Gasteiger partial charge in [0, 0.05) is 26.2 Å². The smallest absolute Gasteiger partial charge is 0.228 e. The van der Waals surface area contributed by atoms with Crippen LogP contribution in [0.1, 0.15) is 37.8 Å². The number of halogens is 2. The number of rotatable bonds is 8. The van der Waals surface area contributed by atoms with Gasteiger partial charge in [-0.1, -0.05) is 24.3 Å². The van der Waals surface area contributed by atoms with Crippen LogP contribution in [0.15, 0.2) is 24.3 Å². The van der Waals surface area contributed by atoms with Crippen molar-refractivity contribution in [2.24, 2.45) is 5.41 Å². The number of methoxy groups -OCH3 is 1. The van der Waals surface area contributed by atoms with Gasteiger partial charge < -0.3 is 15.4 Å². The number of carbonyl (C=O) groups excluding carboxylic acids is 1. The number of ether oxygens (including phenoxy) is 1. The SMILES string of the molecule is COCC1(C(=O)NCc2ccccc2CN(C)C(C)C)CCNCC1.Cl.Cl. The molecule has 1 fully saturated rings. The van der Waals surface area contributed by atoms with Gasteiger partial charge in [0.15, 0.2) is 0 Å². The summed E-state index contributed by atoms with van der Waals surface area (Å²) < 4.78 is 5.37. The van der Waals surface area contributed by atoms with Gasteiger partial charge in [0.25, 0.3) is 0 Å². The van der Waals surface area contributed by atoms with E-state index in [0.717, 1.165) is 32.5 Å². The predicted octanol–water partition coefficient (Wildman–Crippen LogP) is 3.00. The van der Waals surface area contributed by atoms with Crippen molar-refractivity contribution in [2.75, 3.05) is 33.9 Å². The minimum atomic E-state index is -0.399. The van der Waals surface area contributed by atoms with E-state index in [0.29, 0.717) is 19.2 Å². The summed E-state index contributed by atoms with van der Waals surface area (Å²) in [6.45, 7) is 8.06. The van der Waals surface area contributed by atoms with Gasteiger partial charge in [-0.05, 0) is 58.0 Å². The molecular weight excluding hydrogens is 385 g/mol. The van der Waals surface area contributed by atoms with Crippen molar-refractivity contribution < 1.29 is 9.53 Å². The molecule has 0 unspecified atom stereocenters. The maximum atomic E-state index is 12.9. The highest BCUT2D eigenvalue weighted by atomic mass is 35.5. The van der Waals surface area contributed by atoms with Crippen LogP contribution in [0.3, 0.4) is 0 Å². The van der Waals surface area contributed by atoms with E-state index in [-0.39, 0.29) is 30.7 Å². The Morgan fingerprint density at radius 2 is 1.81 bits per heavy atom. The Kier molecular flexibility index (Phi) is 12.2. The Balaban J connectivity index is 0.00000338. The van der Waals surface area contributed by atoms with Crippen molar-refractivity contribution in [1.82, 2.24) is 15.5 Å². The maximum absolute atomic E-state index is 12.9. The molecule has 2 N–H and O–H groups in total. The second-order valence-corrected chi connectivity index (χ2v) is 7.42. The fourth-order valence-corrected chi connectivity index (χ4v) is 3.32. The number of benzene rings is 1. The standard InChI is InChI=1S/C20H33N3O2.2ClH/c1-16(2)23(3)14-18-8-6-5-7-17(18)13-22-19(24)20(15-25-4)9-11-21-12-10-20;;/h5-8,16,21H,9-15H2,1-4H3,(H,22,24);2*1H. The van der Waals surface area contributed by atoms with E-state index in [4.69, 9.17) is 4.74 Å². The molecule has 1 heterocycles. The van der Waals surface area contributed by atoms with Gasteiger partial charge in [0.05, 0.1) is 12.0 Å². The zero-order chi connectivity index (χ0) is 18.3. The molecule has 0 spiro atoms. The largest absolute Gasteiger partial charge is 0.384 e. The first-order valence-corrected chi connectivity index (χ1v) is 9.23. The second-order valence-electron chi connectivity index (χ2n) is 7.42. The highest BCUT2D eigenvalue weighted by Gasteiger charge is 2.39. The van der Waals surface area contributed by atoms with E-state index >= 15 is 0 Å². The topological polar surface area (TPSA) is 53.6 Å². The minimum absolute atomic E-state index is 0. The van der Waals surface area contributed by atoms with Crippen LogP contribution < -0.4 is 10.6 Å². The van der Waals surface area contributed by atoms with Gasteiger partial charge in [-0.2, -0.15) is 0 Å². The second kappa shape index (κ2) is 12.6. The molecule has 0 bridgehead atoms. The summed E-state index contributed by atoms with van der Waals surface area (Å²) in [5.74, 6) is 0.114. The molecular formula is C20H35Cl2N3O2. The zero-order valence-electron chi connectivity index (χ0n) is 16.9. The molecule has 5 nitrogen and oxygen atoms in total. The third-order valence-electron chi connectivity index (χ3n) is 5.32. The summed E-state index contributed by atoms with van der Waals surface area (Å²) in [5, 5.41) is 6.50. The monoisotopic (exact) mass is 419 g/mol. The first-order chi connectivity index (χ1) is 12.0. The van der Waals surface area contributed by atoms with E-state index in [1.54, 1.807) is 7.11 Å². The van der Waals surface area contributed by atoms with Gasteiger partial charge in [0.2, 0.25) is 5.91 Å². The van der Waals surface area contributed by atoms with Gasteiger partial charge in [-0.3, -0.25) is 9.69 Å². The van der Waals surface area contributed by atoms with Crippen LogP contribution in [0.2, 0.25) is 0 Å². The Labute approximate surface area is 176 Å². The third-order valence-corrected chi connectivity index (χ3v) is 5.32. The average Bonchev–Trinajstić information content (AvgIpc) is 2.61. The van der Waals surface area contributed by atoms with Crippen molar-refractivity contribution in [2.45, 2.75) is 45.8 Å². The zero-order valence-corrected chi connectivity index (χ0v) is 18.5. The predicted molar refractivity (Wildman–Crippen MR) is 116 cm³/mol. The summed E-state index contributed by atoms with van der Waals surface area (Å²) in [6, 6.07) is 8.84. The highest BCUT2D eigenvalue weighted by Crippen LogP contribution is 2.29. The molecule has 1 aromatic carbocycles. The van der Waals surface area contributed by atoms with Gasteiger partial charge in [-0.25, -0.2) is 0 Å². The first kappa shape index (κ1) is 26.1. The molecule has 156 valence electrons. The molecule has 0 aromatic heterocycles. The number of piperidine rings is 1. The van der Waals surface area contributed by atoms with E-state index in [1.807, 2.05) is 6.07 Å². The van der Waals surface area contributed by atoms with Gasteiger partial charge >= 0.3 is 0 Å². The van der Waals surface area contributed by atoms with Crippen LogP contribution >= 0.6 is 24.8 Å². The van der Waals surface area contributed by atoms with E-state index in [1.165, 1.54) is 11.1 Å². The molecule has 0 saturated carbocycles. The van der Waals surface area contributed by atoms with E-state index in [9.17, 15) is 4.79 Å². The van der Waals surface area contributed by atoms with Crippen LogP contribution in [0.5, 0.6) is 0 Å². The molecule has 1 saturated heterocycles. The number of nitrogens with one attached hydrogen (secondary N) is 2. The lowest BCUT2D eigenvalue weighted by atomic mass is 9.78. The average molecular weight is 420 g/mol. The Bertz CT molecular complexity index is 558. The number of hydrogen-bond acceptors (Lipinski definition) is 4. The first-order valence-electron chi connectivity index (χ1n) is 9.23. The maximum Gasteiger partial charge on any atom is 0.228 e. The Hall–Kier alpha value is -0.850. The van der Waals surface area contributed by atoms with E-state index < -0.39 is 5.41 Å². The fraction of sp³-hybridized carbons (Fsp3) is 0.650. The molecule has 0 atom stereocenters. The van der Waals surface area contributed by atoms with Crippen molar-refractivity contribution in [3.8, 4) is 0 Å². The normalized spacial score (nSPS) is 15.8. The Morgan fingerprint density at radius 1 is 1.22 bits per heavy atom. The third kappa shape index (κ3) is 7.24. The highest BCUT2D eigenvalue weighted by molar-refractivity contribution is 5.85. The van der Waals surface area contributed by atoms with E-state index in [2.05, 4.69) is 54.6 Å². The van der Waals surface area contributed by atoms with Crippen molar-refractivity contribution in [3.63, 3.8) is 0 Å².